The monoisotopic (exact) mass is 283 g/mol. The van der Waals surface area contributed by atoms with Crippen LogP contribution in [0.2, 0.25) is 0 Å². The molecule has 1 unspecified atom stereocenters. The highest BCUT2D eigenvalue weighted by Crippen LogP contribution is 2.51. The van der Waals surface area contributed by atoms with Gasteiger partial charge in [0.25, 0.3) is 0 Å². The smallest absolute Gasteiger partial charge is 0.336 e. The van der Waals surface area contributed by atoms with E-state index in [-0.39, 0.29) is 11.5 Å². The average Bonchev–Trinajstić information content (AvgIpc) is 3.19. The predicted octanol–water partition coefficient (Wildman–Crippen LogP) is 2.55. The number of hydrogen-bond donors (Lipinski definition) is 0. The van der Waals surface area contributed by atoms with Crippen LogP contribution in [0.15, 0.2) is 36.7 Å². The second-order valence-electron chi connectivity index (χ2n) is 5.90. The zero-order valence-corrected chi connectivity index (χ0v) is 11.7. The van der Waals surface area contributed by atoms with Crippen LogP contribution in [0.5, 0.6) is 6.01 Å². The van der Waals surface area contributed by atoms with Crippen LogP contribution in [0.1, 0.15) is 32.1 Å². The molecule has 2 aromatic rings. The number of ether oxygens (including phenoxy) is 1. The number of aromatic nitrogens is 3. The highest BCUT2D eigenvalue weighted by Gasteiger charge is 2.57. The van der Waals surface area contributed by atoms with Crippen LogP contribution in [-0.4, -0.2) is 26.7 Å². The second kappa shape index (κ2) is 4.69. The fourth-order valence-corrected chi connectivity index (χ4v) is 3.51. The van der Waals surface area contributed by atoms with Gasteiger partial charge < -0.3 is 4.74 Å². The molecule has 4 rings (SSSR count). The van der Waals surface area contributed by atoms with Crippen molar-refractivity contribution >= 4 is 5.78 Å². The zero-order chi connectivity index (χ0) is 14.3. The highest BCUT2D eigenvalue weighted by molar-refractivity contribution is 5.92. The summed E-state index contributed by atoms with van der Waals surface area (Å²) in [5.41, 5.74) is 0.707. The molecule has 5 nitrogen and oxygen atoms in total. The summed E-state index contributed by atoms with van der Waals surface area (Å²) in [7, 11) is 0. The Hall–Kier alpha value is -2.17. The molecule has 2 aliphatic rings. The van der Waals surface area contributed by atoms with E-state index in [0.717, 1.165) is 31.4 Å². The molecular weight excluding hydrogens is 266 g/mol. The van der Waals surface area contributed by atoms with Crippen molar-refractivity contribution in [1.29, 1.82) is 0 Å². The molecule has 1 aromatic carbocycles. The van der Waals surface area contributed by atoms with Gasteiger partial charge in [0.2, 0.25) is 0 Å². The molecule has 108 valence electrons. The maximum absolute atomic E-state index is 12.0. The Morgan fingerprint density at radius 3 is 2.67 bits per heavy atom. The van der Waals surface area contributed by atoms with Gasteiger partial charge in [-0.15, -0.1) is 5.10 Å². The van der Waals surface area contributed by atoms with Gasteiger partial charge in [0, 0.05) is 6.42 Å². The number of carbonyl (C=O) groups excluding carboxylic acids is 1. The molecule has 21 heavy (non-hydrogen) atoms. The normalized spacial score (nSPS) is 23.2. The quantitative estimate of drug-likeness (QED) is 0.868. The van der Waals surface area contributed by atoms with Crippen molar-refractivity contribution in [3.63, 3.8) is 0 Å². The molecule has 5 heteroatoms. The molecule has 0 saturated heterocycles. The summed E-state index contributed by atoms with van der Waals surface area (Å²) >= 11 is 0. The third-order valence-corrected chi connectivity index (χ3v) is 4.78. The first-order chi connectivity index (χ1) is 10.3. The maximum atomic E-state index is 12.0. The van der Waals surface area contributed by atoms with Crippen molar-refractivity contribution in [2.45, 2.75) is 38.2 Å². The Kier molecular flexibility index (Phi) is 2.80. The molecule has 1 atom stereocenters. The van der Waals surface area contributed by atoms with Crippen molar-refractivity contribution in [3.8, 4) is 11.7 Å². The van der Waals surface area contributed by atoms with Crippen LogP contribution >= 0.6 is 0 Å². The molecular formula is C16H17N3O2. The van der Waals surface area contributed by atoms with E-state index >= 15 is 0 Å². The Labute approximate surface area is 122 Å². The second-order valence-corrected chi connectivity index (χ2v) is 5.90. The van der Waals surface area contributed by atoms with E-state index in [2.05, 4.69) is 10.1 Å². The fraction of sp³-hybridized carbons (Fsp3) is 0.438. The highest BCUT2D eigenvalue weighted by atomic mass is 16.5. The average molecular weight is 283 g/mol. The summed E-state index contributed by atoms with van der Waals surface area (Å²) in [5.74, 6) is 0.354. The van der Waals surface area contributed by atoms with Gasteiger partial charge in [-0.2, -0.15) is 4.98 Å². The first-order valence-electron chi connectivity index (χ1n) is 7.45. The van der Waals surface area contributed by atoms with E-state index in [1.165, 1.54) is 0 Å². The Bertz CT molecular complexity index is 659. The molecule has 2 aliphatic carbocycles. The lowest BCUT2D eigenvalue weighted by Crippen LogP contribution is -2.55. The SMILES string of the molecule is O=C1CC(Oc2ncn(-c3ccccc3)n2)C12CCCC2. The van der Waals surface area contributed by atoms with Gasteiger partial charge in [-0.1, -0.05) is 31.0 Å². The molecule has 0 bridgehead atoms. The molecule has 1 aromatic heterocycles. The van der Waals surface area contributed by atoms with Gasteiger partial charge in [0.1, 0.15) is 18.2 Å². The maximum Gasteiger partial charge on any atom is 0.336 e. The van der Waals surface area contributed by atoms with Gasteiger partial charge >= 0.3 is 6.01 Å². The topological polar surface area (TPSA) is 57.0 Å². The van der Waals surface area contributed by atoms with Crippen LogP contribution in [0.4, 0.5) is 0 Å². The van der Waals surface area contributed by atoms with Crippen LogP contribution in [-0.2, 0) is 4.79 Å². The Morgan fingerprint density at radius 1 is 1.19 bits per heavy atom. The molecule has 2 saturated carbocycles. The Balaban J connectivity index is 1.51. The van der Waals surface area contributed by atoms with E-state index in [4.69, 9.17) is 4.74 Å². The van der Waals surface area contributed by atoms with E-state index in [0.29, 0.717) is 18.2 Å². The summed E-state index contributed by atoms with van der Waals surface area (Å²) in [6, 6.07) is 10.2. The number of nitrogens with zero attached hydrogens (tertiary/aromatic N) is 3. The number of carbonyl (C=O) groups is 1. The van der Waals surface area contributed by atoms with Gasteiger partial charge in [0.15, 0.2) is 0 Å². The minimum absolute atomic E-state index is 0.0425. The van der Waals surface area contributed by atoms with Crippen LogP contribution in [0, 0.1) is 5.41 Å². The van der Waals surface area contributed by atoms with E-state index in [9.17, 15) is 4.79 Å². The van der Waals surface area contributed by atoms with Crippen molar-refractivity contribution < 1.29 is 9.53 Å². The van der Waals surface area contributed by atoms with Gasteiger partial charge in [-0.25, -0.2) is 4.68 Å². The first-order valence-corrected chi connectivity index (χ1v) is 7.45. The summed E-state index contributed by atoms with van der Waals surface area (Å²) in [6.45, 7) is 0. The molecule has 1 heterocycles. The summed E-state index contributed by atoms with van der Waals surface area (Å²) in [4.78, 5) is 16.2. The summed E-state index contributed by atoms with van der Waals surface area (Å²) < 4.78 is 7.59. The third-order valence-electron chi connectivity index (χ3n) is 4.78. The van der Waals surface area contributed by atoms with E-state index in [1.54, 1.807) is 11.0 Å². The molecule has 1 spiro atoms. The lowest BCUT2D eigenvalue weighted by molar-refractivity contribution is -0.152. The summed E-state index contributed by atoms with van der Waals surface area (Å²) in [5, 5.41) is 4.35. The van der Waals surface area contributed by atoms with Crippen molar-refractivity contribution in [2.75, 3.05) is 0 Å². The Morgan fingerprint density at radius 2 is 1.95 bits per heavy atom. The van der Waals surface area contributed by atoms with E-state index < -0.39 is 0 Å². The van der Waals surface area contributed by atoms with Gasteiger partial charge in [-0.05, 0) is 25.0 Å². The minimum atomic E-state index is -0.238. The van der Waals surface area contributed by atoms with Crippen molar-refractivity contribution in [1.82, 2.24) is 14.8 Å². The number of rotatable bonds is 3. The molecule has 0 radical (unpaired) electrons. The molecule has 0 aliphatic heterocycles. The lowest BCUT2D eigenvalue weighted by Gasteiger charge is -2.43. The van der Waals surface area contributed by atoms with E-state index in [1.807, 2.05) is 30.3 Å². The standard InChI is InChI=1S/C16H17N3O2/c20-13-10-14(16(13)8-4-5-9-16)21-15-17-11-19(18-15)12-6-2-1-3-7-12/h1-3,6-7,11,14H,4-5,8-10H2. The number of Topliss-reactive ketones (excluding diaryl/α,β-unsaturated/α-hetero) is 1. The molecule has 0 amide bonds. The third kappa shape index (κ3) is 1.95. The van der Waals surface area contributed by atoms with Gasteiger partial charge in [0.05, 0.1) is 11.1 Å². The number of hydrogen-bond acceptors (Lipinski definition) is 4. The summed E-state index contributed by atoms with van der Waals surface area (Å²) in [6.07, 6.45) is 6.26. The lowest BCUT2D eigenvalue weighted by atomic mass is 9.63. The minimum Gasteiger partial charge on any atom is -0.458 e. The van der Waals surface area contributed by atoms with Crippen LogP contribution in [0.3, 0.4) is 0 Å². The van der Waals surface area contributed by atoms with Crippen LogP contribution in [0.25, 0.3) is 5.69 Å². The first kappa shape index (κ1) is 12.6. The number of para-hydroxylation sites is 1. The largest absolute Gasteiger partial charge is 0.458 e. The zero-order valence-electron chi connectivity index (χ0n) is 11.7. The molecule has 0 N–H and O–H groups in total. The number of ketones is 1. The number of benzene rings is 1. The van der Waals surface area contributed by atoms with Crippen molar-refractivity contribution in [3.05, 3.63) is 36.7 Å². The molecule has 2 fully saturated rings. The van der Waals surface area contributed by atoms with Crippen LogP contribution < -0.4 is 4.74 Å². The van der Waals surface area contributed by atoms with Crippen molar-refractivity contribution in [2.24, 2.45) is 5.41 Å². The predicted molar refractivity (Wildman–Crippen MR) is 76.3 cm³/mol. The van der Waals surface area contributed by atoms with Gasteiger partial charge in [-0.3, -0.25) is 4.79 Å². The fourth-order valence-electron chi connectivity index (χ4n) is 3.51.